The van der Waals surface area contributed by atoms with E-state index in [4.69, 9.17) is 4.74 Å². The SMILES string of the molecule is CS(=O)(=O)C(C(=O)NCC(=O)NC1CC1)c1nc2cc(C(F)(F)F)c(-c3ccc(C(=O)N4CCOCC4)cc3)cc2s1. The van der Waals surface area contributed by atoms with Crippen LogP contribution in [0.5, 0.6) is 0 Å². The van der Waals surface area contributed by atoms with Crippen LogP contribution < -0.4 is 10.6 Å². The average Bonchev–Trinajstić information content (AvgIpc) is 3.66. The molecule has 42 heavy (non-hydrogen) atoms. The van der Waals surface area contributed by atoms with Gasteiger partial charge in [-0.05, 0) is 48.2 Å². The molecule has 0 bridgehead atoms. The van der Waals surface area contributed by atoms with E-state index in [1.54, 1.807) is 4.90 Å². The molecular formula is C27H27F3N4O6S2. The third-order valence-electron chi connectivity index (χ3n) is 6.85. The third kappa shape index (κ3) is 6.73. The van der Waals surface area contributed by atoms with Crippen LogP contribution in [-0.4, -0.2) is 81.2 Å². The number of thiazole rings is 1. The van der Waals surface area contributed by atoms with E-state index in [2.05, 4.69) is 15.6 Å². The summed E-state index contributed by atoms with van der Waals surface area (Å²) in [6, 6.07) is 7.87. The molecule has 1 unspecified atom stereocenters. The molecule has 5 rings (SSSR count). The molecule has 224 valence electrons. The summed E-state index contributed by atoms with van der Waals surface area (Å²) < 4.78 is 73.2. The fourth-order valence-corrected chi connectivity index (χ4v) is 7.10. The molecule has 1 atom stereocenters. The van der Waals surface area contributed by atoms with E-state index in [-0.39, 0.29) is 38.3 Å². The Morgan fingerprint density at radius 2 is 1.79 bits per heavy atom. The lowest BCUT2D eigenvalue weighted by atomic mass is 9.97. The van der Waals surface area contributed by atoms with Crippen LogP contribution in [0.3, 0.4) is 0 Å². The van der Waals surface area contributed by atoms with Crippen molar-refractivity contribution in [1.29, 1.82) is 0 Å². The van der Waals surface area contributed by atoms with Crippen LogP contribution in [-0.2, 0) is 30.3 Å². The summed E-state index contributed by atoms with van der Waals surface area (Å²) in [5.74, 6) is -1.72. The fraction of sp³-hybridized carbons (Fsp3) is 0.407. The summed E-state index contributed by atoms with van der Waals surface area (Å²) >= 11 is 0.779. The molecule has 2 N–H and O–H groups in total. The number of amides is 3. The lowest BCUT2D eigenvalue weighted by Gasteiger charge is -2.26. The molecule has 0 spiro atoms. The summed E-state index contributed by atoms with van der Waals surface area (Å²) in [6.07, 6.45) is -2.30. The molecule has 3 amide bonds. The molecule has 2 heterocycles. The highest BCUT2D eigenvalue weighted by molar-refractivity contribution is 7.91. The normalized spacial score (nSPS) is 16.7. The van der Waals surface area contributed by atoms with Gasteiger partial charge in [-0.25, -0.2) is 13.4 Å². The first kappa shape index (κ1) is 29.9. The maximum Gasteiger partial charge on any atom is 0.417 e. The van der Waals surface area contributed by atoms with Crippen molar-refractivity contribution in [2.75, 3.05) is 39.1 Å². The van der Waals surface area contributed by atoms with Gasteiger partial charge >= 0.3 is 6.18 Å². The molecule has 0 radical (unpaired) electrons. The third-order valence-corrected chi connectivity index (χ3v) is 9.37. The Kier molecular flexibility index (Phi) is 8.27. The van der Waals surface area contributed by atoms with Crippen LogP contribution in [0.25, 0.3) is 21.3 Å². The number of nitrogens with one attached hydrogen (secondary N) is 2. The highest BCUT2D eigenvalue weighted by Gasteiger charge is 2.37. The van der Waals surface area contributed by atoms with E-state index in [0.29, 0.717) is 31.9 Å². The van der Waals surface area contributed by atoms with Gasteiger partial charge in [0.1, 0.15) is 5.01 Å². The molecule has 2 aromatic carbocycles. The van der Waals surface area contributed by atoms with Crippen molar-refractivity contribution in [1.82, 2.24) is 20.5 Å². The Morgan fingerprint density at radius 1 is 1.12 bits per heavy atom. The van der Waals surface area contributed by atoms with Gasteiger partial charge in [0.15, 0.2) is 15.1 Å². The maximum absolute atomic E-state index is 14.2. The molecule has 1 aliphatic carbocycles. The Morgan fingerprint density at radius 3 is 2.38 bits per heavy atom. The Bertz CT molecular complexity index is 1630. The zero-order valence-electron chi connectivity index (χ0n) is 22.4. The van der Waals surface area contributed by atoms with E-state index in [1.165, 1.54) is 30.3 Å². The number of alkyl halides is 3. The lowest BCUT2D eigenvalue weighted by Crippen LogP contribution is -2.41. The number of hydrogen-bond donors (Lipinski definition) is 2. The number of carbonyl (C=O) groups is 3. The second-order valence-corrected chi connectivity index (χ2v) is 13.4. The largest absolute Gasteiger partial charge is 0.417 e. The van der Waals surface area contributed by atoms with Crippen LogP contribution in [0.2, 0.25) is 0 Å². The second-order valence-electron chi connectivity index (χ2n) is 10.2. The number of rotatable bonds is 8. The minimum absolute atomic E-state index is 0.0443. The van der Waals surface area contributed by atoms with Crippen LogP contribution >= 0.6 is 11.3 Å². The predicted octanol–water partition coefficient (Wildman–Crippen LogP) is 2.94. The van der Waals surface area contributed by atoms with Crippen molar-refractivity contribution in [3.05, 3.63) is 52.5 Å². The van der Waals surface area contributed by atoms with Crippen molar-refractivity contribution in [2.45, 2.75) is 30.3 Å². The van der Waals surface area contributed by atoms with E-state index < -0.39 is 45.2 Å². The molecule has 15 heteroatoms. The minimum atomic E-state index is -4.78. The van der Waals surface area contributed by atoms with E-state index in [9.17, 15) is 36.0 Å². The average molecular weight is 625 g/mol. The molecule has 1 aliphatic heterocycles. The number of sulfone groups is 1. The number of carbonyl (C=O) groups excluding carboxylic acids is 3. The summed E-state index contributed by atoms with van der Waals surface area (Å²) in [6.45, 7) is 1.21. The quantitative estimate of drug-likeness (QED) is 0.394. The van der Waals surface area contributed by atoms with Crippen LogP contribution in [0.4, 0.5) is 13.2 Å². The highest BCUT2D eigenvalue weighted by atomic mass is 32.2. The second kappa shape index (κ2) is 11.6. The van der Waals surface area contributed by atoms with Gasteiger partial charge in [-0.2, -0.15) is 13.2 Å². The minimum Gasteiger partial charge on any atom is -0.378 e. The lowest BCUT2D eigenvalue weighted by molar-refractivity contribution is -0.137. The molecule has 10 nitrogen and oxygen atoms in total. The number of benzene rings is 2. The van der Waals surface area contributed by atoms with Gasteiger partial charge in [0.2, 0.25) is 11.8 Å². The fourth-order valence-electron chi connectivity index (χ4n) is 4.57. The first-order chi connectivity index (χ1) is 19.8. The Balaban J connectivity index is 1.46. The van der Waals surface area contributed by atoms with Crippen molar-refractivity contribution < 1.29 is 40.7 Å². The standard InChI is InChI=1S/C27H27F3N4O6S2/c1-42(38,39)23(24(36)31-14-22(35)32-17-6-7-17)25-33-20-13-19(27(28,29)30)18(12-21(20)41-25)15-2-4-16(5-3-15)26(37)34-8-10-40-11-9-34/h2-5,12-13,17,23H,6-11,14H2,1H3,(H,31,36)(H,32,35). The maximum atomic E-state index is 14.2. The van der Waals surface area contributed by atoms with Gasteiger partial charge < -0.3 is 20.3 Å². The molecule has 3 aromatic rings. The molecule has 1 saturated carbocycles. The van der Waals surface area contributed by atoms with E-state index >= 15 is 0 Å². The topological polar surface area (TPSA) is 135 Å². The van der Waals surface area contributed by atoms with Gasteiger partial charge in [0.05, 0.1) is 35.5 Å². The molecule has 2 fully saturated rings. The molecular weight excluding hydrogens is 597 g/mol. The summed E-state index contributed by atoms with van der Waals surface area (Å²) in [5.41, 5.74) is -0.804. The molecule has 2 aliphatic rings. The number of fused-ring (bicyclic) bond motifs is 1. The Labute approximate surface area is 243 Å². The predicted molar refractivity (Wildman–Crippen MR) is 149 cm³/mol. The van der Waals surface area contributed by atoms with Gasteiger partial charge in [0.25, 0.3) is 5.91 Å². The summed E-state index contributed by atoms with van der Waals surface area (Å²) in [5, 5.41) is 2.93. The number of halogens is 3. The van der Waals surface area contributed by atoms with Gasteiger partial charge in [-0.3, -0.25) is 14.4 Å². The Hall–Kier alpha value is -3.56. The first-order valence-electron chi connectivity index (χ1n) is 13.1. The van der Waals surface area contributed by atoms with E-state index in [1.807, 2.05) is 0 Å². The zero-order chi connectivity index (χ0) is 30.2. The smallest absolute Gasteiger partial charge is 0.378 e. The number of hydrogen-bond acceptors (Lipinski definition) is 8. The molecule has 1 aromatic heterocycles. The van der Waals surface area contributed by atoms with Crippen molar-refractivity contribution in [3.63, 3.8) is 0 Å². The number of ether oxygens (including phenoxy) is 1. The van der Waals surface area contributed by atoms with Crippen LogP contribution in [0.15, 0.2) is 36.4 Å². The number of aromatic nitrogens is 1. The first-order valence-corrected chi connectivity index (χ1v) is 15.8. The summed E-state index contributed by atoms with van der Waals surface area (Å²) in [7, 11) is -4.11. The monoisotopic (exact) mass is 624 g/mol. The zero-order valence-corrected chi connectivity index (χ0v) is 24.0. The van der Waals surface area contributed by atoms with E-state index in [0.717, 1.165) is 36.5 Å². The van der Waals surface area contributed by atoms with Gasteiger partial charge in [-0.1, -0.05) is 12.1 Å². The highest BCUT2D eigenvalue weighted by Crippen LogP contribution is 2.42. The van der Waals surface area contributed by atoms with Crippen molar-refractivity contribution in [2.24, 2.45) is 0 Å². The van der Waals surface area contributed by atoms with Gasteiger partial charge in [-0.15, -0.1) is 11.3 Å². The van der Waals surface area contributed by atoms with Crippen LogP contribution in [0, 0.1) is 0 Å². The van der Waals surface area contributed by atoms with Crippen molar-refractivity contribution >= 4 is 49.1 Å². The van der Waals surface area contributed by atoms with Crippen molar-refractivity contribution in [3.8, 4) is 11.1 Å². The number of nitrogens with zero attached hydrogens (tertiary/aromatic N) is 2. The number of morpholine rings is 1. The molecule has 1 saturated heterocycles. The summed E-state index contributed by atoms with van der Waals surface area (Å²) in [4.78, 5) is 43.3. The van der Waals surface area contributed by atoms with Crippen LogP contribution in [0.1, 0.15) is 39.0 Å². The van der Waals surface area contributed by atoms with Gasteiger partial charge in [0, 0.05) is 31.0 Å².